The minimum Gasteiger partial charge on any atom is -0.457 e. The van der Waals surface area contributed by atoms with Crippen LogP contribution in [0, 0.1) is 19.8 Å². The van der Waals surface area contributed by atoms with Crippen molar-refractivity contribution in [1.29, 1.82) is 0 Å². The van der Waals surface area contributed by atoms with Crippen molar-refractivity contribution < 1.29 is 22.7 Å². The average molecular weight is 441 g/mol. The minimum absolute atomic E-state index is 0.214. The van der Waals surface area contributed by atoms with Gasteiger partial charge in [-0.05, 0) is 50.5 Å². The number of fused-ring (bicyclic) bond motifs is 1. The molecule has 162 valence electrons. The summed E-state index contributed by atoms with van der Waals surface area (Å²) in [6, 6.07) is 12.4. The molecule has 2 aromatic carbocycles. The number of aryl methyl sites for hydroxylation is 2. The first kappa shape index (κ1) is 21.2. The predicted octanol–water partition coefficient (Wildman–Crippen LogP) is 2.89. The van der Waals surface area contributed by atoms with Gasteiger partial charge in [0.1, 0.15) is 4.90 Å². The Balaban J connectivity index is 1.35. The number of esters is 1. The fourth-order valence-electron chi connectivity index (χ4n) is 4.01. The van der Waals surface area contributed by atoms with Crippen LogP contribution in [0.4, 0.5) is 0 Å². The van der Waals surface area contributed by atoms with Gasteiger partial charge in [0, 0.05) is 24.2 Å². The highest BCUT2D eigenvalue weighted by molar-refractivity contribution is 7.90. The summed E-state index contributed by atoms with van der Waals surface area (Å²) in [4.78, 5) is 27.1. The van der Waals surface area contributed by atoms with E-state index in [4.69, 9.17) is 4.74 Å². The van der Waals surface area contributed by atoms with Gasteiger partial charge in [-0.25, -0.2) is 0 Å². The summed E-state index contributed by atoms with van der Waals surface area (Å²) in [6.45, 7) is 4.48. The summed E-state index contributed by atoms with van der Waals surface area (Å²) in [5.74, 6) is -0.488. The number of piperidine rings is 1. The van der Waals surface area contributed by atoms with Crippen LogP contribution in [0.5, 0.6) is 0 Å². The summed E-state index contributed by atoms with van der Waals surface area (Å²) < 4.78 is 33.8. The Kier molecular flexibility index (Phi) is 5.66. The molecule has 0 atom stereocenters. The summed E-state index contributed by atoms with van der Waals surface area (Å²) >= 11 is 0. The number of hydrogen-bond donors (Lipinski definition) is 0. The molecule has 0 N–H and O–H groups in total. The highest BCUT2D eigenvalue weighted by Crippen LogP contribution is 2.30. The number of benzene rings is 2. The van der Waals surface area contributed by atoms with Gasteiger partial charge in [-0.1, -0.05) is 29.8 Å². The van der Waals surface area contributed by atoms with Crippen LogP contribution in [0.2, 0.25) is 0 Å². The van der Waals surface area contributed by atoms with Gasteiger partial charge in [-0.15, -0.1) is 4.40 Å². The molecule has 2 aliphatic heterocycles. The zero-order valence-electron chi connectivity index (χ0n) is 17.5. The van der Waals surface area contributed by atoms with E-state index in [-0.39, 0.29) is 29.2 Å². The number of carbonyl (C=O) groups excluding carboxylic acids is 2. The van der Waals surface area contributed by atoms with E-state index in [9.17, 15) is 18.0 Å². The lowest BCUT2D eigenvalue weighted by Gasteiger charge is -2.32. The van der Waals surface area contributed by atoms with Gasteiger partial charge in [0.05, 0.1) is 5.92 Å². The van der Waals surface area contributed by atoms with Crippen LogP contribution in [0.3, 0.4) is 0 Å². The number of nitrogens with zero attached hydrogens (tertiary/aromatic N) is 2. The molecule has 0 unspecified atom stereocenters. The van der Waals surface area contributed by atoms with Crippen LogP contribution < -0.4 is 0 Å². The largest absolute Gasteiger partial charge is 0.457 e. The van der Waals surface area contributed by atoms with Gasteiger partial charge < -0.3 is 9.64 Å². The van der Waals surface area contributed by atoms with Crippen molar-refractivity contribution in [2.24, 2.45) is 10.3 Å². The molecule has 0 bridgehead atoms. The maximum Gasteiger partial charge on any atom is 0.309 e. The molecule has 1 saturated heterocycles. The number of Topliss-reactive ketones (excluding diaryl/α,β-unsaturated/α-hetero) is 1. The number of carbonyl (C=O) groups is 2. The topological polar surface area (TPSA) is 93.1 Å². The first-order valence-electron chi connectivity index (χ1n) is 10.2. The highest BCUT2D eigenvalue weighted by Gasteiger charge is 2.34. The summed E-state index contributed by atoms with van der Waals surface area (Å²) in [5, 5.41) is 0. The Labute approximate surface area is 181 Å². The molecule has 31 heavy (non-hydrogen) atoms. The number of hydrogen-bond acceptors (Lipinski definition) is 6. The van der Waals surface area contributed by atoms with Crippen molar-refractivity contribution in [3.8, 4) is 0 Å². The molecule has 0 aliphatic carbocycles. The molecular weight excluding hydrogens is 416 g/mol. The Morgan fingerprint density at radius 1 is 1.10 bits per heavy atom. The first-order valence-corrected chi connectivity index (χ1v) is 11.7. The van der Waals surface area contributed by atoms with Crippen LogP contribution in [-0.2, 0) is 19.6 Å². The van der Waals surface area contributed by atoms with E-state index in [1.165, 1.54) is 0 Å². The monoisotopic (exact) mass is 440 g/mol. The summed E-state index contributed by atoms with van der Waals surface area (Å²) in [5.41, 5.74) is 3.00. The van der Waals surface area contributed by atoms with Gasteiger partial charge in [0.25, 0.3) is 10.0 Å². The molecule has 0 radical (unpaired) electrons. The van der Waals surface area contributed by atoms with E-state index >= 15 is 0 Å². The fraction of sp³-hybridized carbons (Fsp3) is 0.348. The standard InChI is InChI=1S/C23H24N2O5S/c1-15-7-8-16(2)19(13-15)20(26)14-30-23(27)17-9-11-25(12-10-17)22-18-5-3-4-6-21(18)31(28,29)24-22/h3-8,13,17H,9-12,14H2,1-2H3. The molecule has 2 heterocycles. The SMILES string of the molecule is Cc1ccc(C)c(C(=O)COC(=O)C2CCN(C3=NS(=O)(=O)c4ccccc43)CC2)c1. The number of rotatable bonds is 4. The van der Waals surface area contributed by atoms with E-state index in [2.05, 4.69) is 4.40 Å². The fourth-order valence-corrected chi connectivity index (χ4v) is 5.24. The maximum absolute atomic E-state index is 12.5. The molecule has 7 nitrogen and oxygen atoms in total. The lowest BCUT2D eigenvalue weighted by atomic mass is 9.96. The number of likely N-dealkylation sites (tertiary alicyclic amines) is 1. The van der Waals surface area contributed by atoms with Gasteiger partial charge in [0.15, 0.2) is 12.4 Å². The lowest BCUT2D eigenvalue weighted by molar-refractivity contribution is -0.148. The van der Waals surface area contributed by atoms with Crippen molar-refractivity contribution in [3.63, 3.8) is 0 Å². The zero-order chi connectivity index (χ0) is 22.2. The van der Waals surface area contributed by atoms with Crippen molar-refractivity contribution in [2.75, 3.05) is 19.7 Å². The third kappa shape index (κ3) is 4.25. The zero-order valence-corrected chi connectivity index (χ0v) is 18.3. The van der Waals surface area contributed by atoms with Gasteiger partial charge >= 0.3 is 5.97 Å². The van der Waals surface area contributed by atoms with E-state index < -0.39 is 10.0 Å². The Bertz CT molecular complexity index is 1180. The number of ether oxygens (including phenoxy) is 1. The smallest absolute Gasteiger partial charge is 0.309 e. The van der Waals surface area contributed by atoms with Crippen LogP contribution in [0.1, 0.15) is 39.9 Å². The second-order valence-electron chi connectivity index (χ2n) is 8.00. The highest BCUT2D eigenvalue weighted by atomic mass is 32.2. The van der Waals surface area contributed by atoms with Crippen molar-refractivity contribution >= 4 is 27.6 Å². The average Bonchev–Trinajstić information content (AvgIpc) is 3.05. The number of sulfonamides is 1. The Morgan fingerprint density at radius 3 is 2.55 bits per heavy atom. The van der Waals surface area contributed by atoms with E-state index in [0.29, 0.717) is 42.9 Å². The Hall–Kier alpha value is -3.00. The van der Waals surface area contributed by atoms with Gasteiger partial charge in [-0.3, -0.25) is 9.59 Å². The van der Waals surface area contributed by atoms with E-state index in [1.807, 2.05) is 30.9 Å². The summed E-state index contributed by atoms with van der Waals surface area (Å²) in [7, 11) is -3.67. The third-order valence-corrected chi connectivity index (χ3v) is 7.10. The number of ketones is 1. The summed E-state index contributed by atoms with van der Waals surface area (Å²) in [6.07, 6.45) is 1.02. The molecule has 0 spiro atoms. The molecular formula is C23H24N2O5S. The molecule has 4 rings (SSSR count). The molecule has 8 heteroatoms. The van der Waals surface area contributed by atoms with Crippen LogP contribution >= 0.6 is 0 Å². The number of amidine groups is 1. The molecule has 1 fully saturated rings. The van der Waals surface area contributed by atoms with E-state index in [1.54, 1.807) is 30.3 Å². The third-order valence-electron chi connectivity index (χ3n) is 5.78. The second kappa shape index (κ2) is 8.26. The second-order valence-corrected chi connectivity index (χ2v) is 9.57. The van der Waals surface area contributed by atoms with Gasteiger partial charge in [-0.2, -0.15) is 8.42 Å². The molecule has 0 aromatic heterocycles. The van der Waals surface area contributed by atoms with Crippen molar-refractivity contribution in [1.82, 2.24) is 4.90 Å². The van der Waals surface area contributed by atoms with E-state index in [0.717, 1.165) is 11.1 Å². The quantitative estimate of drug-likeness (QED) is 0.536. The predicted molar refractivity (Wildman–Crippen MR) is 116 cm³/mol. The lowest BCUT2D eigenvalue weighted by Crippen LogP contribution is -2.40. The first-order chi connectivity index (χ1) is 14.8. The Morgan fingerprint density at radius 2 is 1.81 bits per heavy atom. The van der Waals surface area contributed by atoms with Crippen LogP contribution in [-0.4, -0.2) is 50.6 Å². The molecule has 0 amide bonds. The van der Waals surface area contributed by atoms with Crippen molar-refractivity contribution in [3.05, 3.63) is 64.7 Å². The van der Waals surface area contributed by atoms with Crippen LogP contribution in [0.15, 0.2) is 51.8 Å². The molecule has 2 aliphatic rings. The minimum atomic E-state index is -3.67. The normalized spacial score (nSPS) is 17.7. The van der Waals surface area contributed by atoms with Crippen molar-refractivity contribution in [2.45, 2.75) is 31.6 Å². The maximum atomic E-state index is 12.5. The van der Waals surface area contributed by atoms with Crippen LogP contribution in [0.25, 0.3) is 0 Å². The molecule has 2 aromatic rings. The molecule has 0 saturated carbocycles. The van der Waals surface area contributed by atoms with Gasteiger partial charge in [0.2, 0.25) is 5.78 Å².